The Labute approximate surface area is 127 Å². The van der Waals surface area contributed by atoms with Gasteiger partial charge < -0.3 is 0 Å². The molecule has 0 bridgehead atoms. The van der Waals surface area contributed by atoms with Crippen LogP contribution >= 0.6 is 7.92 Å². The van der Waals surface area contributed by atoms with Gasteiger partial charge in [-0.05, 0) is 41.7 Å². The van der Waals surface area contributed by atoms with Crippen LogP contribution in [-0.2, 0) is 12.7 Å². The Morgan fingerprint density at radius 2 is 1.52 bits per heavy atom. The van der Waals surface area contributed by atoms with Crippen LogP contribution in [0, 0.1) is 5.82 Å². The van der Waals surface area contributed by atoms with Crippen molar-refractivity contribution in [3.8, 4) is 0 Å². The molecule has 2 aromatic carbocycles. The van der Waals surface area contributed by atoms with E-state index in [1.54, 1.807) is 12.1 Å². The molecule has 0 spiro atoms. The van der Waals surface area contributed by atoms with E-state index in [1.165, 1.54) is 36.5 Å². The van der Waals surface area contributed by atoms with E-state index in [9.17, 15) is 4.39 Å². The number of benzene rings is 2. The van der Waals surface area contributed by atoms with Crippen LogP contribution in [0.25, 0.3) is 0 Å². The van der Waals surface area contributed by atoms with Crippen LogP contribution in [-0.4, -0.2) is 30.3 Å². The molecule has 3 rings (SSSR count). The van der Waals surface area contributed by atoms with Crippen LogP contribution in [0.15, 0.2) is 54.6 Å². The predicted octanol–water partition coefficient (Wildman–Crippen LogP) is 4.32. The SMILES string of the molecule is Fc1ccc(CP2CCN(Cc3ccccc3)CC2)cc1. The highest BCUT2D eigenvalue weighted by Crippen LogP contribution is 2.41. The van der Waals surface area contributed by atoms with Crippen LogP contribution in [0.2, 0.25) is 0 Å². The Morgan fingerprint density at radius 3 is 2.19 bits per heavy atom. The minimum atomic E-state index is -0.135. The third-order valence-corrected chi connectivity index (χ3v) is 6.51. The summed E-state index contributed by atoms with van der Waals surface area (Å²) in [5.41, 5.74) is 2.70. The molecule has 1 fully saturated rings. The fourth-order valence-corrected chi connectivity index (χ4v) is 5.19. The zero-order valence-corrected chi connectivity index (χ0v) is 13.1. The summed E-state index contributed by atoms with van der Waals surface area (Å²) in [6.45, 7) is 3.46. The molecule has 2 aromatic rings. The Bertz CT molecular complexity index is 547. The lowest BCUT2D eigenvalue weighted by Gasteiger charge is -2.32. The molecule has 1 aliphatic rings. The first-order valence-corrected chi connectivity index (χ1v) is 9.42. The molecule has 0 N–H and O–H groups in total. The van der Waals surface area contributed by atoms with Crippen molar-refractivity contribution in [1.29, 1.82) is 0 Å². The van der Waals surface area contributed by atoms with Crippen LogP contribution in [0.4, 0.5) is 4.39 Å². The molecule has 110 valence electrons. The summed E-state index contributed by atoms with van der Waals surface area (Å²) in [5, 5.41) is 0. The number of rotatable bonds is 4. The molecule has 0 atom stereocenters. The van der Waals surface area contributed by atoms with Gasteiger partial charge in [0.1, 0.15) is 5.82 Å². The van der Waals surface area contributed by atoms with Crippen LogP contribution in [0.1, 0.15) is 11.1 Å². The van der Waals surface area contributed by atoms with Crippen molar-refractivity contribution in [3.05, 3.63) is 71.5 Å². The third-order valence-electron chi connectivity index (χ3n) is 4.03. The minimum Gasteiger partial charge on any atom is -0.298 e. The molecule has 0 radical (unpaired) electrons. The molecule has 3 heteroatoms. The molecule has 1 aliphatic heterocycles. The number of nitrogens with zero attached hydrogens (tertiary/aromatic N) is 1. The molecular weight excluding hydrogens is 280 g/mol. The molecule has 1 nitrogen and oxygen atoms in total. The van der Waals surface area contributed by atoms with E-state index in [0.717, 1.165) is 12.7 Å². The van der Waals surface area contributed by atoms with Crippen molar-refractivity contribution in [3.63, 3.8) is 0 Å². The van der Waals surface area contributed by atoms with Gasteiger partial charge in [-0.3, -0.25) is 4.90 Å². The normalized spacial score (nSPS) is 17.0. The van der Waals surface area contributed by atoms with Gasteiger partial charge in [-0.15, -0.1) is 0 Å². The van der Waals surface area contributed by atoms with E-state index in [-0.39, 0.29) is 13.7 Å². The first-order valence-electron chi connectivity index (χ1n) is 7.53. The fraction of sp³-hybridized carbons (Fsp3) is 0.333. The second-order valence-electron chi connectivity index (χ2n) is 5.66. The van der Waals surface area contributed by atoms with E-state index in [1.807, 2.05) is 12.1 Å². The summed E-state index contributed by atoms with van der Waals surface area (Å²) in [6.07, 6.45) is 3.76. The highest BCUT2D eigenvalue weighted by Gasteiger charge is 2.18. The predicted molar refractivity (Wildman–Crippen MR) is 88.5 cm³/mol. The average Bonchev–Trinajstić information content (AvgIpc) is 2.53. The van der Waals surface area contributed by atoms with Crippen molar-refractivity contribution in [2.45, 2.75) is 12.7 Å². The van der Waals surface area contributed by atoms with E-state index >= 15 is 0 Å². The molecule has 0 amide bonds. The third kappa shape index (κ3) is 4.36. The van der Waals surface area contributed by atoms with Crippen molar-refractivity contribution in [2.75, 3.05) is 25.4 Å². The molecule has 21 heavy (non-hydrogen) atoms. The topological polar surface area (TPSA) is 3.24 Å². The van der Waals surface area contributed by atoms with Crippen LogP contribution in [0.3, 0.4) is 0 Å². The van der Waals surface area contributed by atoms with Crippen LogP contribution in [0.5, 0.6) is 0 Å². The fourth-order valence-electron chi connectivity index (χ4n) is 2.80. The molecule has 1 saturated heterocycles. The summed E-state index contributed by atoms with van der Waals surface area (Å²) in [5.74, 6) is -0.135. The Balaban J connectivity index is 1.47. The Morgan fingerprint density at radius 1 is 0.857 bits per heavy atom. The van der Waals surface area contributed by atoms with Gasteiger partial charge in [0.2, 0.25) is 0 Å². The van der Waals surface area contributed by atoms with Gasteiger partial charge in [-0.1, -0.05) is 50.4 Å². The van der Waals surface area contributed by atoms with Gasteiger partial charge in [0.05, 0.1) is 0 Å². The summed E-state index contributed by atoms with van der Waals surface area (Å²) >= 11 is 0. The van der Waals surface area contributed by atoms with Crippen LogP contribution < -0.4 is 0 Å². The number of hydrogen-bond donors (Lipinski definition) is 0. The van der Waals surface area contributed by atoms with Gasteiger partial charge in [-0.25, -0.2) is 4.39 Å². The van der Waals surface area contributed by atoms with Crippen molar-refractivity contribution < 1.29 is 4.39 Å². The van der Waals surface area contributed by atoms with E-state index in [0.29, 0.717) is 0 Å². The highest BCUT2D eigenvalue weighted by molar-refractivity contribution is 7.56. The largest absolute Gasteiger partial charge is 0.298 e. The number of hydrogen-bond acceptors (Lipinski definition) is 1. The van der Waals surface area contributed by atoms with Gasteiger partial charge in [0.25, 0.3) is 0 Å². The van der Waals surface area contributed by atoms with Gasteiger partial charge >= 0.3 is 0 Å². The summed E-state index contributed by atoms with van der Waals surface area (Å²) < 4.78 is 12.9. The van der Waals surface area contributed by atoms with Crippen molar-refractivity contribution >= 4 is 7.92 Å². The quantitative estimate of drug-likeness (QED) is 0.760. The Hall–Kier alpha value is -1.24. The van der Waals surface area contributed by atoms with Gasteiger partial charge in [-0.2, -0.15) is 0 Å². The maximum Gasteiger partial charge on any atom is 0.123 e. The molecule has 0 aliphatic carbocycles. The van der Waals surface area contributed by atoms with E-state index in [2.05, 4.69) is 35.2 Å². The first kappa shape index (κ1) is 14.7. The lowest BCUT2D eigenvalue weighted by atomic mass is 10.2. The zero-order chi connectivity index (χ0) is 14.5. The maximum absolute atomic E-state index is 12.9. The number of halogens is 1. The lowest BCUT2D eigenvalue weighted by molar-refractivity contribution is 0.291. The van der Waals surface area contributed by atoms with Gasteiger partial charge in [0, 0.05) is 19.6 Å². The smallest absolute Gasteiger partial charge is 0.123 e. The standard InChI is InChI=1S/C18H21FNP/c19-18-8-6-17(7-9-18)15-21-12-10-20(11-13-21)14-16-4-2-1-3-5-16/h1-9H,10-15H2. The van der Waals surface area contributed by atoms with Crippen molar-refractivity contribution in [2.24, 2.45) is 0 Å². The summed E-state index contributed by atoms with van der Waals surface area (Å²) in [4.78, 5) is 2.55. The lowest BCUT2D eigenvalue weighted by Crippen LogP contribution is -2.33. The zero-order valence-electron chi connectivity index (χ0n) is 12.2. The summed E-state index contributed by atoms with van der Waals surface area (Å²) in [6, 6.07) is 17.7. The van der Waals surface area contributed by atoms with E-state index in [4.69, 9.17) is 0 Å². The minimum absolute atomic E-state index is 0.0770. The first-order chi connectivity index (χ1) is 10.3. The molecule has 1 heterocycles. The monoisotopic (exact) mass is 301 g/mol. The van der Waals surface area contributed by atoms with Crippen molar-refractivity contribution in [1.82, 2.24) is 4.90 Å². The molecule has 0 aromatic heterocycles. The molecular formula is C18H21FNP. The van der Waals surface area contributed by atoms with E-state index < -0.39 is 0 Å². The average molecular weight is 301 g/mol. The molecule has 0 saturated carbocycles. The second kappa shape index (κ2) is 7.15. The van der Waals surface area contributed by atoms with Gasteiger partial charge in [0.15, 0.2) is 0 Å². The molecule has 0 unspecified atom stereocenters. The maximum atomic E-state index is 12.9. The highest BCUT2D eigenvalue weighted by atomic mass is 31.1. The Kier molecular flexibility index (Phi) is 5.00. The summed E-state index contributed by atoms with van der Waals surface area (Å²) in [7, 11) is 0.0770. The second-order valence-corrected chi connectivity index (χ2v) is 8.22.